The molecule has 18 heavy (non-hydrogen) atoms. The first-order chi connectivity index (χ1) is 8.83. The van der Waals surface area contributed by atoms with Gasteiger partial charge in [-0.25, -0.2) is 0 Å². The molecule has 2 heterocycles. The number of furan rings is 1. The number of nitrogens with one attached hydrogen (secondary N) is 1. The average molecular weight is 264 g/mol. The Morgan fingerprint density at radius 2 is 2.33 bits per heavy atom. The number of hydrogen-bond acceptors (Lipinski definition) is 4. The van der Waals surface area contributed by atoms with Crippen molar-refractivity contribution in [2.75, 3.05) is 5.75 Å². The molecule has 1 fully saturated rings. The van der Waals surface area contributed by atoms with Gasteiger partial charge in [-0.1, -0.05) is 24.6 Å². The van der Waals surface area contributed by atoms with Crippen molar-refractivity contribution in [2.45, 2.75) is 44.7 Å². The Labute approximate surface area is 112 Å². The molecule has 1 N–H and O–H groups in total. The zero-order chi connectivity index (χ0) is 12.4. The highest BCUT2D eigenvalue weighted by Gasteiger charge is 2.29. The Morgan fingerprint density at radius 3 is 3.17 bits per heavy atom. The molecule has 0 bridgehead atoms. The summed E-state index contributed by atoms with van der Waals surface area (Å²) in [5.41, 5.74) is 0. The van der Waals surface area contributed by atoms with Crippen LogP contribution in [-0.2, 0) is 0 Å². The van der Waals surface area contributed by atoms with E-state index in [1.165, 1.54) is 31.4 Å². The van der Waals surface area contributed by atoms with Gasteiger partial charge in [0, 0.05) is 5.75 Å². The van der Waals surface area contributed by atoms with E-state index in [-0.39, 0.29) is 6.04 Å². The third kappa shape index (κ3) is 2.58. The molecular weight excluding hydrogens is 244 g/mol. The molecule has 3 unspecified atom stereocenters. The molecule has 0 spiro atoms. The summed E-state index contributed by atoms with van der Waals surface area (Å²) in [5.74, 6) is 3.01. The molecule has 1 aliphatic heterocycles. The van der Waals surface area contributed by atoms with Crippen molar-refractivity contribution >= 4 is 16.9 Å². The largest absolute Gasteiger partial charge is 0.467 e. The number of rotatable bonds is 2. The molecule has 4 heteroatoms. The molecule has 0 radical (unpaired) electrons. The summed E-state index contributed by atoms with van der Waals surface area (Å²) < 4.78 is 5.42. The zero-order valence-corrected chi connectivity index (χ0v) is 11.6. The summed E-state index contributed by atoms with van der Waals surface area (Å²) in [6.07, 6.45) is 7.09. The predicted octanol–water partition coefficient (Wildman–Crippen LogP) is 3.59. The maximum Gasteiger partial charge on any atom is 0.157 e. The first-order valence-electron chi connectivity index (χ1n) is 6.83. The van der Waals surface area contributed by atoms with E-state index >= 15 is 0 Å². The summed E-state index contributed by atoms with van der Waals surface area (Å²) in [5, 5.41) is 4.57. The van der Waals surface area contributed by atoms with E-state index in [1.807, 2.05) is 23.9 Å². The number of fused-ring (bicyclic) bond motifs is 1. The predicted molar refractivity (Wildman–Crippen MR) is 75.9 cm³/mol. The SMILES string of the molecule is CC(NC1=NC2CCCCC2CS1)c1ccco1. The number of thioether (sulfide) groups is 1. The van der Waals surface area contributed by atoms with E-state index < -0.39 is 0 Å². The van der Waals surface area contributed by atoms with Crippen molar-refractivity contribution < 1.29 is 4.42 Å². The molecule has 1 aromatic rings. The van der Waals surface area contributed by atoms with E-state index in [2.05, 4.69) is 12.2 Å². The highest BCUT2D eigenvalue weighted by molar-refractivity contribution is 8.13. The summed E-state index contributed by atoms with van der Waals surface area (Å²) in [7, 11) is 0. The van der Waals surface area contributed by atoms with Crippen molar-refractivity contribution in [1.82, 2.24) is 5.32 Å². The lowest BCUT2D eigenvalue weighted by Crippen LogP contribution is -2.35. The van der Waals surface area contributed by atoms with E-state index in [0.29, 0.717) is 6.04 Å². The molecule has 1 aromatic heterocycles. The number of hydrogen-bond donors (Lipinski definition) is 1. The fraction of sp³-hybridized carbons (Fsp3) is 0.643. The van der Waals surface area contributed by atoms with Gasteiger partial charge in [0.25, 0.3) is 0 Å². The Morgan fingerprint density at radius 1 is 1.44 bits per heavy atom. The Kier molecular flexibility index (Phi) is 3.64. The van der Waals surface area contributed by atoms with Crippen LogP contribution in [0.3, 0.4) is 0 Å². The fourth-order valence-corrected chi connectivity index (χ4v) is 4.03. The topological polar surface area (TPSA) is 37.5 Å². The summed E-state index contributed by atoms with van der Waals surface area (Å²) in [4.78, 5) is 4.88. The van der Waals surface area contributed by atoms with Crippen LogP contribution in [0.5, 0.6) is 0 Å². The van der Waals surface area contributed by atoms with Crippen LogP contribution < -0.4 is 5.32 Å². The van der Waals surface area contributed by atoms with Crippen molar-refractivity contribution in [2.24, 2.45) is 10.9 Å². The lowest BCUT2D eigenvalue weighted by molar-refractivity contribution is 0.335. The Balaban J connectivity index is 1.64. The highest BCUT2D eigenvalue weighted by Crippen LogP contribution is 2.34. The second kappa shape index (κ2) is 5.39. The van der Waals surface area contributed by atoms with Gasteiger partial charge in [-0.3, -0.25) is 4.99 Å². The minimum absolute atomic E-state index is 0.200. The smallest absolute Gasteiger partial charge is 0.157 e. The van der Waals surface area contributed by atoms with Crippen LogP contribution in [0.2, 0.25) is 0 Å². The fourth-order valence-electron chi connectivity index (χ4n) is 2.80. The Hall–Kier alpha value is -0.900. The molecule has 3 rings (SSSR count). The van der Waals surface area contributed by atoms with E-state index in [0.717, 1.165) is 16.8 Å². The van der Waals surface area contributed by atoms with Crippen LogP contribution in [0.1, 0.15) is 44.4 Å². The van der Waals surface area contributed by atoms with Crippen LogP contribution in [0, 0.1) is 5.92 Å². The van der Waals surface area contributed by atoms with Gasteiger partial charge in [-0.2, -0.15) is 0 Å². The molecule has 3 atom stereocenters. The minimum Gasteiger partial charge on any atom is -0.467 e. The summed E-state index contributed by atoms with van der Waals surface area (Å²) in [6.45, 7) is 2.12. The van der Waals surface area contributed by atoms with Gasteiger partial charge >= 0.3 is 0 Å². The third-order valence-electron chi connectivity index (χ3n) is 3.90. The zero-order valence-electron chi connectivity index (χ0n) is 10.8. The van der Waals surface area contributed by atoms with Crippen molar-refractivity contribution in [3.05, 3.63) is 24.2 Å². The van der Waals surface area contributed by atoms with Crippen LogP contribution in [0.4, 0.5) is 0 Å². The monoisotopic (exact) mass is 264 g/mol. The maximum absolute atomic E-state index is 5.42. The van der Waals surface area contributed by atoms with Crippen molar-refractivity contribution in [1.29, 1.82) is 0 Å². The van der Waals surface area contributed by atoms with E-state index in [4.69, 9.17) is 9.41 Å². The number of aliphatic imine (C=N–C) groups is 1. The first kappa shape index (κ1) is 12.2. The van der Waals surface area contributed by atoms with Crippen LogP contribution in [0.15, 0.2) is 27.8 Å². The average Bonchev–Trinajstić information content (AvgIpc) is 2.92. The normalized spacial score (nSPS) is 29.3. The van der Waals surface area contributed by atoms with E-state index in [9.17, 15) is 0 Å². The molecule has 0 aromatic carbocycles. The molecular formula is C14H20N2OS. The molecule has 1 aliphatic carbocycles. The van der Waals surface area contributed by atoms with Crippen molar-refractivity contribution in [3.8, 4) is 0 Å². The molecule has 0 saturated heterocycles. The van der Waals surface area contributed by atoms with Crippen molar-refractivity contribution in [3.63, 3.8) is 0 Å². The summed E-state index contributed by atoms with van der Waals surface area (Å²) in [6, 6.07) is 4.70. The van der Waals surface area contributed by atoms with Gasteiger partial charge in [0.1, 0.15) is 5.76 Å². The second-order valence-electron chi connectivity index (χ2n) is 5.24. The lowest BCUT2D eigenvalue weighted by atomic mass is 9.86. The quantitative estimate of drug-likeness (QED) is 0.887. The molecule has 98 valence electrons. The minimum atomic E-state index is 0.200. The van der Waals surface area contributed by atoms with Gasteiger partial charge in [0.15, 0.2) is 5.17 Å². The van der Waals surface area contributed by atoms with Gasteiger partial charge in [-0.05, 0) is 37.8 Å². The van der Waals surface area contributed by atoms with E-state index in [1.54, 1.807) is 6.26 Å². The number of amidine groups is 1. The lowest BCUT2D eigenvalue weighted by Gasteiger charge is -2.33. The van der Waals surface area contributed by atoms with Crippen LogP contribution in [0.25, 0.3) is 0 Å². The molecule has 0 amide bonds. The van der Waals surface area contributed by atoms with Crippen LogP contribution in [-0.4, -0.2) is 17.0 Å². The first-order valence-corrected chi connectivity index (χ1v) is 7.82. The van der Waals surface area contributed by atoms with Gasteiger partial charge < -0.3 is 9.73 Å². The molecule has 3 nitrogen and oxygen atoms in total. The van der Waals surface area contributed by atoms with Gasteiger partial charge in [0.05, 0.1) is 18.3 Å². The maximum atomic E-state index is 5.42. The molecule has 2 aliphatic rings. The Bertz CT molecular complexity index is 415. The third-order valence-corrected chi connectivity index (χ3v) is 4.99. The highest BCUT2D eigenvalue weighted by atomic mass is 32.2. The standard InChI is InChI=1S/C14H20N2OS/c1-10(13-7-4-8-17-13)15-14-16-12-6-3-2-5-11(12)9-18-14/h4,7-8,10-12H,2-3,5-6,9H2,1H3,(H,15,16). The second-order valence-corrected chi connectivity index (χ2v) is 6.25. The summed E-state index contributed by atoms with van der Waals surface area (Å²) >= 11 is 1.87. The molecule has 1 saturated carbocycles. The van der Waals surface area contributed by atoms with Crippen LogP contribution >= 0.6 is 11.8 Å². The number of nitrogens with zero attached hydrogens (tertiary/aromatic N) is 1. The van der Waals surface area contributed by atoms with Gasteiger partial charge in [-0.15, -0.1) is 0 Å². The van der Waals surface area contributed by atoms with Gasteiger partial charge in [0.2, 0.25) is 0 Å².